The second-order valence-corrected chi connectivity index (χ2v) is 8.10. The summed E-state index contributed by atoms with van der Waals surface area (Å²) >= 11 is 0. The van der Waals surface area contributed by atoms with Crippen LogP contribution in [0.1, 0.15) is 57.8 Å². The number of amides is 2. The van der Waals surface area contributed by atoms with E-state index in [0.717, 1.165) is 51.9 Å². The van der Waals surface area contributed by atoms with E-state index >= 15 is 0 Å². The molecule has 0 spiro atoms. The third-order valence-electron chi connectivity index (χ3n) is 6.10. The minimum atomic E-state index is 0.123. The van der Waals surface area contributed by atoms with Crippen molar-refractivity contribution in [3.63, 3.8) is 0 Å². The summed E-state index contributed by atoms with van der Waals surface area (Å²) in [6.07, 6.45) is 10.4. The quantitative estimate of drug-likeness (QED) is 0.825. The predicted molar refractivity (Wildman–Crippen MR) is 101 cm³/mol. The lowest BCUT2D eigenvalue weighted by Crippen LogP contribution is -2.48. The highest BCUT2D eigenvalue weighted by Crippen LogP contribution is 2.21. The molecule has 2 saturated heterocycles. The molecule has 2 amide bonds. The third-order valence-corrected chi connectivity index (χ3v) is 6.10. The smallest absolute Gasteiger partial charge is 0.234 e. The zero-order valence-corrected chi connectivity index (χ0v) is 16.1. The molecule has 0 aromatic carbocycles. The molecule has 6 heteroatoms. The van der Waals surface area contributed by atoms with Crippen molar-refractivity contribution in [1.29, 1.82) is 0 Å². The van der Waals surface area contributed by atoms with Gasteiger partial charge >= 0.3 is 0 Å². The number of carbonyl (C=O) groups is 2. The van der Waals surface area contributed by atoms with Gasteiger partial charge in [0.15, 0.2) is 0 Å². The number of morpholine rings is 1. The van der Waals surface area contributed by atoms with Crippen LogP contribution in [0.5, 0.6) is 0 Å². The molecule has 26 heavy (non-hydrogen) atoms. The SMILES string of the molecule is O=C(CN1CCC(C(=O)N2CCOCC2)CC1)NC1CCCCCCC1. The summed E-state index contributed by atoms with van der Waals surface area (Å²) in [5.74, 6) is 0.568. The van der Waals surface area contributed by atoms with Crippen molar-refractivity contribution >= 4 is 11.8 Å². The Balaban J connectivity index is 1.36. The molecule has 1 saturated carbocycles. The maximum atomic E-state index is 12.6. The lowest BCUT2D eigenvalue weighted by Gasteiger charge is -2.35. The Morgan fingerprint density at radius 1 is 0.846 bits per heavy atom. The van der Waals surface area contributed by atoms with Crippen LogP contribution in [0, 0.1) is 5.92 Å². The molecule has 1 N–H and O–H groups in total. The van der Waals surface area contributed by atoms with E-state index in [1.54, 1.807) is 0 Å². The average molecular weight is 366 g/mol. The lowest BCUT2D eigenvalue weighted by molar-refractivity contribution is -0.141. The first-order chi connectivity index (χ1) is 12.7. The summed E-state index contributed by atoms with van der Waals surface area (Å²) in [5.41, 5.74) is 0. The molecule has 3 aliphatic rings. The molecule has 3 rings (SSSR count). The van der Waals surface area contributed by atoms with Crippen LogP contribution in [-0.4, -0.2) is 73.6 Å². The van der Waals surface area contributed by atoms with Crippen molar-refractivity contribution in [3.8, 4) is 0 Å². The van der Waals surface area contributed by atoms with Crippen LogP contribution < -0.4 is 5.32 Å². The summed E-state index contributed by atoms with van der Waals surface area (Å²) in [6, 6.07) is 0.364. The molecule has 2 heterocycles. The first-order valence-electron chi connectivity index (χ1n) is 10.6. The normalized spacial score (nSPS) is 24.7. The minimum Gasteiger partial charge on any atom is -0.378 e. The topological polar surface area (TPSA) is 61.9 Å². The number of nitrogens with zero attached hydrogens (tertiary/aromatic N) is 2. The maximum absolute atomic E-state index is 12.6. The van der Waals surface area contributed by atoms with Gasteiger partial charge in [0.1, 0.15) is 0 Å². The van der Waals surface area contributed by atoms with Crippen LogP contribution in [0.3, 0.4) is 0 Å². The van der Waals surface area contributed by atoms with Crippen molar-refractivity contribution in [2.45, 2.75) is 63.8 Å². The Labute approximate surface area is 157 Å². The fourth-order valence-electron chi connectivity index (χ4n) is 4.46. The van der Waals surface area contributed by atoms with E-state index in [2.05, 4.69) is 10.2 Å². The van der Waals surface area contributed by atoms with Gasteiger partial charge in [-0.2, -0.15) is 0 Å². The lowest BCUT2D eigenvalue weighted by atomic mass is 9.95. The second kappa shape index (κ2) is 10.3. The zero-order chi connectivity index (χ0) is 18.2. The van der Waals surface area contributed by atoms with Gasteiger partial charge in [0.2, 0.25) is 11.8 Å². The van der Waals surface area contributed by atoms with Gasteiger partial charge < -0.3 is 15.0 Å². The number of piperidine rings is 1. The van der Waals surface area contributed by atoms with Crippen molar-refractivity contribution in [2.24, 2.45) is 5.92 Å². The van der Waals surface area contributed by atoms with Crippen LogP contribution in [0.25, 0.3) is 0 Å². The van der Waals surface area contributed by atoms with Crippen LogP contribution in [-0.2, 0) is 14.3 Å². The van der Waals surface area contributed by atoms with Gasteiger partial charge in [-0.25, -0.2) is 0 Å². The highest BCUT2D eigenvalue weighted by molar-refractivity contribution is 5.79. The van der Waals surface area contributed by atoms with E-state index in [0.29, 0.717) is 25.8 Å². The molecule has 148 valence electrons. The molecule has 0 aromatic rings. The van der Waals surface area contributed by atoms with Crippen molar-refractivity contribution in [3.05, 3.63) is 0 Å². The van der Waals surface area contributed by atoms with E-state index in [1.807, 2.05) is 4.90 Å². The Morgan fingerprint density at radius 2 is 1.46 bits per heavy atom. The Morgan fingerprint density at radius 3 is 2.12 bits per heavy atom. The fraction of sp³-hybridized carbons (Fsp3) is 0.900. The van der Waals surface area contributed by atoms with E-state index in [-0.39, 0.29) is 17.7 Å². The van der Waals surface area contributed by atoms with E-state index in [1.165, 1.54) is 32.1 Å². The summed E-state index contributed by atoms with van der Waals surface area (Å²) in [4.78, 5) is 29.1. The molecule has 0 atom stereocenters. The van der Waals surface area contributed by atoms with Gasteiger partial charge in [0, 0.05) is 25.0 Å². The first kappa shape index (κ1) is 19.6. The van der Waals surface area contributed by atoms with Gasteiger partial charge in [-0.3, -0.25) is 14.5 Å². The number of ether oxygens (including phenoxy) is 1. The number of hydrogen-bond donors (Lipinski definition) is 1. The molecular formula is C20H35N3O3. The van der Waals surface area contributed by atoms with Gasteiger partial charge in [0.05, 0.1) is 19.8 Å². The molecule has 0 radical (unpaired) electrons. The Kier molecular flexibility index (Phi) is 7.74. The van der Waals surface area contributed by atoms with Crippen LogP contribution in [0.2, 0.25) is 0 Å². The molecule has 6 nitrogen and oxygen atoms in total. The van der Waals surface area contributed by atoms with Crippen molar-refractivity contribution < 1.29 is 14.3 Å². The maximum Gasteiger partial charge on any atom is 0.234 e. The highest BCUT2D eigenvalue weighted by atomic mass is 16.5. The molecule has 0 aromatic heterocycles. The average Bonchev–Trinajstić information content (AvgIpc) is 2.64. The molecule has 2 aliphatic heterocycles. The molecule has 1 aliphatic carbocycles. The summed E-state index contributed by atoms with van der Waals surface area (Å²) in [5, 5.41) is 3.25. The van der Waals surface area contributed by atoms with Crippen molar-refractivity contribution in [2.75, 3.05) is 45.9 Å². The molecule has 0 unspecified atom stereocenters. The third kappa shape index (κ3) is 5.95. The van der Waals surface area contributed by atoms with Crippen LogP contribution in [0.15, 0.2) is 0 Å². The standard InChI is InChI=1S/C20H35N3O3/c24-19(21-18-6-4-2-1-3-5-7-18)16-22-10-8-17(9-11-22)20(25)23-12-14-26-15-13-23/h17-18H,1-16H2,(H,21,24). The van der Waals surface area contributed by atoms with Gasteiger partial charge in [-0.05, 0) is 38.8 Å². The summed E-state index contributed by atoms with van der Waals surface area (Å²) in [7, 11) is 0. The minimum absolute atomic E-state index is 0.123. The van der Waals surface area contributed by atoms with E-state index in [9.17, 15) is 9.59 Å². The molecule has 0 bridgehead atoms. The van der Waals surface area contributed by atoms with Gasteiger partial charge in [-0.15, -0.1) is 0 Å². The van der Waals surface area contributed by atoms with Crippen LogP contribution >= 0.6 is 0 Å². The largest absolute Gasteiger partial charge is 0.378 e. The van der Waals surface area contributed by atoms with Crippen molar-refractivity contribution in [1.82, 2.24) is 15.1 Å². The van der Waals surface area contributed by atoms with Crippen LogP contribution in [0.4, 0.5) is 0 Å². The number of carbonyl (C=O) groups excluding carboxylic acids is 2. The second-order valence-electron chi connectivity index (χ2n) is 8.10. The number of rotatable bonds is 4. The molecule has 3 fully saturated rings. The van der Waals surface area contributed by atoms with E-state index in [4.69, 9.17) is 4.74 Å². The summed E-state index contributed by atoms with van der Waals surface area (Å²) < 4.78 is 5.33. The molecular weight excluding hydrogens is 330 g/mol. The fourth-order valence-corrected chi connectivity index (χ4v) is 4.46. The first-order valence-corrected chi connectivity index (χ1v) is 10.6. The highest BCUT2D eigenvalue weighted by Gasteiger charge is 2.30. The van der Waals surface area contributed by atoms with E-state index < -0.39 is 0 Å². The van der Waals surface area contributed by atoms with Gasteiger partial charge in [-0.1, -0.05) is 32.1 Å². The number of nitrogens with one attached hydrogen (secondary N) is 1. The monoisotopic (exact) mass is 365 g/mol. The summed E-state index contributed by atoms with van der Waals surface area (Å²) in [6.45, 7) is 4.94. The number of likely N-dealkylation sites (tertiary alicyclic amines) is 1. The Hall–Kier alpha value is -1.14. The number of hydrogen-bond acceptors (Lipinski definition) is 4. The Bertz CT molecular complexity index is 449. The van der Waals surface area contributed by atoms with Gasteiger partial charge in [0.25, 0.3) is 0 Å². The zero-order valence-electron chi connectivity index (χ0n) is 16.1. The predicted octanol–water partition coefficient (Wildman–Crippen LogP) is 1.79.